The maximum Gasteiger partial charge on any atom is 0.294 e. The van der Waals surface area contributed by atoms with E-state index in [4.69, 9.17) is 0 Å². The van der Waals surface area contributed by atoms with Crippen molar-refractivity contribution in [3.8, 4) is 5.75 Å². The smallest absolute Gasteiger partial charge is 0.294 e. The number of aromatic nitrogens is 1. The van der Waals surface area contributed by atoms with Crippen molar-refractivity contribution in [1.29, 1.82) is 0 Å². The standard InChI is InChI=1S/C16H12BrNO3S/c1-9(19)13-14(20)16(21)18(12-5-6-22-15(12)13)8-10-3-2-4-11(17)7-10/h2-7,20H,8H2,1H3. The fourth-order valence-electron chi connectivity index (χ4n) is 2.46. The van der Waals surface area contributed by atoms with Crippen molar-refractivity contribution in [2.24, 2.45) is 0 Å². The molecule has 3 rings (SSSR count). The summed E-state index contributed by atoms with van der Waals surface area (Å²) in [6.45, 7) is 1.68. The van der Waals surface area contributed by atoms with Crippen molar-refractivity contribution in [3.63, 3.8) is 0 Å². The highest BCUT2D eigenvalue weighted by molar-refractivity contribution is 9.10. The SMILES string of the molecule is CC(=O)c1c(O)c(=O)n(Cc2cccc(Br)c2)c2ccsc12. The average Bonchev–Trinajstić information content (AvgIpc) is 2.92. The fourth-order valence-corrected chi connectivity index (χ4v) is 3.89. The van der Waals surface area contributed by atoms with Gasteiger partial charge in [-0.15, -0.1) is 11.3 Å². The minimum absolute atomic E-state index is 0.112. The summed E-state index contributed by atoms with van der Waals surface area (Å²) in [6, 6.07) is 9.42. The minimum atomic E-state index is -0.545. The van der Waals surface area contributed by atoms with Crippen LogP contribution >= 0.6 is 27.3 Å². The van der Waals surface area contributed by atoms with Crippen LogP contribution in [0.3, 0.4) is 0 Å². The van der Waals surface area contributed by atoms with Gasteiger partial charge in [-0.2, -0.15) is 0 Å². The zero-order valence-electron chi connectivity index (χ0n) is 11.7. The zero-order valence-corrected chi connectivity index (χ0v) is 14.1. The van der Waals surface area contributed by atoms with Gasteiger partial charge in [-0.25, -0.2) is 0 Å². The Morgan fingerprint density at radius 3 is 2.82 bits per heavy atom. The number of pyridine rings is 1. The number of benzene rings is 1. The number of fused-ring (bicyclic) bond motifs is 1. The first-order valence-electron chi connectivity index (χ1n) is 6.57. The predicted molar refractivity (Wildman–Crippen MR) is 91.0 cm³/mol. The monoisotopic (exact) mass is 377 g/mol. The number of rotatable bonds is 3. The number of aromatic hydroxyl groups is 1. The summed E-state index contributed by atoms with van der Waals surface area (Å²) in [4.78, 5) is 24.2. The van der Waals surface area contributed by atoms with Gasteiger partial charge in [0.15, 0.2) is 11.5 Å². The lowest BCUT2D eigenvalue weighted by molar-refractivity contribution is 0.101. The maximum atomic E-state index is 12.4. The molecule has 0 bridgehead atoms. The molecule has 0 aliphatic heterocycles. The lowest BCUT2D eigenvalue weighted by Crippen LogP contribution is -2.22. The third-order valence-corrected chi connectivity index (χ3v) is 4.84. The van der Waals surface area contributed by atoms with Crippen LogP contribution in [0.25, 0.3) is 10.2 Å². The molecule has 0 atom stereocenters. The van der Waals surface area contributed by atoms with Crippen molar-refractivity contribution in [2.45, 2.75) is 13.5 Å². The Bertz CT molecular complexity index is 942. The second kappa shape index (κ2) is 5.70. The van der Waals surface area contributed by atoms with E-state index in [2.05, 4.69) is 15.9 Å². The Hall–Kier alpha value is -1.92. The van der Waals surface area contributed by atoms with E-state index in [9.17, 15) is 14.7 Å². The average molecular weight is 378 g/mol. The molecular formula is C16H12BrNO3S. The molecular weight excluding hydrogens is 366 g/mol. The molecule has 1 aromatic carbocycles. The molecule has 4 nitrogen and oxygen atoms in total. The van der Waals surface area contributed by atoms with Crippen LogP contribution < -0.4 is 5.56 Å². The number of halogens is 1. The zero-order chi connectivity index (χ0) is 15.9. The first-order chi connectivity index (χ1) is 10.5. The first kappa shape index (κ1) is 15.0. The highest BCUT2D eigenvalue weighted by Crippen LogP contribution is 2.29. The molecule has 22 heavy (non-hydrogen) atoms. The van der Waals surface area contributed by atoms with Crippen LogP contribution in [-0.4, -0.2) is 15.5 Å². The normalized spacial score (nSPS) is 11.0. The molecule has 3 aromatic rings. The number of carbonyl (C=O) groups is 1. The molecule has 0 saturated carbocycles. The molecule has 0 aliphatic rings. The summed E-state index contributed by atoms with van der Waals surface area (Å²) < 4.78 is 3.05. The summed E-state index contributed by atoms with van der Waals surface area (Å²) in [5, 5.41) is 12.0. The fraction of sp³-hybridized carbons (Fsp3) is 0.125. The van der Waals surface area contributed by atoms with E-state index in [0.29, 0.717) is 16.8 Å². The lowest BCUT2D eigenvalue weighted by atomic mass is 10.1. The van der Waals surface area contributed by atoms with Gasteiger partial charge in [0.05, 0.1) is 22.3 Å². The summed E-state index contributed by atoms with van der Waals surface area (Å²) in [6.07, 6.45) is 0. The molecule has 2 heterocycles. The van der Waals surface area contributed by atoms with Gasteiger partial charge in [0.25, 0.3) is 5.56 Å². The molecule has 0 unspecified atom stereocenters. The van der Waals surface area contributed by atoms with Crippen LogP contribution in [0, 0.1) is 0 Å². The molecule has 0 aliphatic carbocycles. The van der Waals surface area contributed by atoms with Gasteiger partial charge in [0.1, 0.15) is 0 Å². The number of hydrogen-bond donors (Lipinski definition) is 1. The largest absolute Gasteiger partial charge is 0.502 e. The van der Waals surface area contributed by atoms with Gasteiger partial charge >= 0.3 is 0 Å². The highest BCUT2D eigenvalue weighted by atomic mass is 79.9. The van der Waals surface area contributed by atoms with Crippen LogP contribution in [-0.2, 0) is 6.54 Å². The molecule has 2 aromatic heterocycles. The Kier molecular flexibility index (Phi) is 3.88. The van der Waals surface area contributed by atoms with Crippen LogP contribution in [0.5, 0.6) is 5.75 Å². The number of nitrogens with zero attached hydrogens (tertiary/aromatic N) is 1. The second-order valence-corrected chi connectivity index (χ2v) is 6.77. The van der Waals surface area contributed by atoms with E-state index in [1.165, 1.54) is 22.8 Å². The molecule has 0 amide bonds. The third kappa shape index (κ3) is 2.48. The number of carbonyl (C=O) groups excluding carboxylic acids is 1. The van der Waals surface area contributed by atoms with Crippen molar-refractivity contribution < 1.29 is 9.90 Å². The molecule has 0 fully saturated rings. The molecule has 0 saturated heterocycles. The maximum absolute atomic E-state index is 12.4. The van der Waals surface area contributed by atoms with Gasteiger partial charge in [0, 0.05) is 4.47 Å². The molecule has 0 radical (unpaired) electrons. The van der Waals surface area contributed by atoms with Gasteiger partial charge in [-0.1, -0.05) is 28.1 Å². The topological polar surface area (TPSA) is 59.3 Å². The molecule has 1 N–H and O–H groups in total. The van der Waals surface area contributed by atoms with Crippen molar-refractivity contribution in [2.75, 3.05) is 0 Å². The van der Waals surface area contributed by atoms with Gasteiger partial charge in [-0.3, -0.25) is 14.2 Å². The van der Waals surface area contributed by atoms with E-state index >= 15 is 0 Å². The number of ketones is 1. The van der Waals surface area contributed by atoms with Gasteiger partial charge < -0.3 is 5.11 Å². The predicted octanol–water partition coefficient (Wildman–Crippen LogP) is 3.78. The second-order valence-electron chi connectivity index (χ2n) is 4.94. The summed E-state index contributed by atoms with van der Waals surface area (Å²) in [5.74, 6) is -0.783. The van der Waals surface area contributed by atoms with Crippen molar-refractivity contribution >= 4 is 43.3 Å². The van der Waals surface area contributed by atoms with Crippen LogP contribution in [0.15, 0.2) is 45.0 Å². The highest BCUT2D eigenvalue weighted by Gasteiger charge is 2.20. The van der Waals surface area contributed by atoms with E-state index in [1.54, 1.807) is 6.07 Å². The van der Waals surface area contributed by atoms with E-state index in [1.807, 2.05) is 29.6 Å². The Labute approximate surface area is 138 Å². The molecule has 112 valence electrons. The third-order valence-electron chi connectivity index (χ3n) is 3.43. The van der Waals surface area contributed by atoms with E-state index in [-0.39, 0.29) is 11.3 Å². The Morgan fingerprint density at radius 1 is 1.36 bits per heavy atom. The molecule has 0 spiro atoms. The summed E-state index contributed by atoms with van der Waals surface area (Å²) >= 11 is 4.75. The quantitative estimate of drug-likeness (QED) is 0.706. The number of thiophene rings is 1. The summed E-state index contributed by atoms with van der Waals surface area (Å²) in [7, 11) is 0. The first-order valence-corrected chi connectivity index (χ1v) is 8.24. The summed E-state index contributed by atoms with van der Waals surface area (Å²) in [5.41, 5.74) is 1.16. The van der Waals surface area contributed by atoms with E-state index < -0.39 is 11.3 Å². The van der Waals surface area contributed by atoms with Gasteiger partial charge in [0.2, 0.25) is 0 Å². The van der Waals surface area contributed by atoms with Gasteiger partial charge in [-0.05, 0) is 36.1 Å². The lowest BCUT2D eigenvalue weighted by Gasteiger charge is -2.11. The van der Waals surface area contributed by atoms with Crippen LogP contribution in [0.4, 0.5) is 0 Å². The van der Waals surface area contributed by atoms with Crippen molar-refractivity contribution in [1.82, 2.24) is 4.57 Å². The number of hydrogen-bond acceptors (Lipinski definition) is 4. The molecule has 6 heteroatoms. The van der Waals surface area contributed by atoms with Crippen LogP contribution in [0.1, 0.15) is 22.8 Å². The van der Waals surface area contributed by atoms with Crippen molar-refractivity contribution in [3.05, 3.63) is 61.7 Å². The Balaban J connectivity index is 2.25. The minimum Gasteiger partial charge on any atom is -0.502 e. The Morgan fingerprint density at radius 2 is 2.14 bits per heavy atom. The van der Waals surface area contributed by atoms with E-state index in [0.717, 1.165) is 10.0 Å². The number of Topliss-reactive ketones (excluding diaryl/α,β-unsaturated/α-hetero) is 1. The van der Waals surface area contributed by atoms with Crippen LogP contribution in [0.2, 0.25) is 0 Å².